The maximum absolute atomic E-state index is 12.1. The number of nitrogens with zero attached hydrogens (tertiary/aromatic N) is 2. The van der Waals surface area contributed by atoms with Gasteiger partial charge in [-0.05, 0) is 11.5 Å². The first kappa shape index (κ1) is 15.3. The number of nitrogens with one attached hydrogen (secondary N) is 1. The summed E-state index contributed by atoms with van der Waals surface area (Å²) in [7, 11) is 1.75. The number of hydrogen-bond acceptors (Lipinski definition) is 3. The SMILES string of the molecule is CC(C)[C@H](N)C(=O)N(C)Cc1ncc(-c2ccccc2)[nH]1. The Labute approximate surface area is 125 Å². The number of H-pyrrole nitrogens is 1. The molecule has 0 fully saturated rings. The molecule has 0 aliphatic rings. The molecule has 1 amide bonds. The summed E-state index contributed by atoms with van der Waals surface area (Å²) in [6.07, 6.45) is 1.78. The molecule has 1 atom stereocenters. The van der Waals surface area contributed by atoms with E-state index in [2.05, 4.69) is 9.97 Å². The van der Waals surface area contributed by atoms with Crippen molar-refractivity contribution in [2.75, 3.05) is 7.05 Å². The summed E-state index contributed by atoms with van der Waals surface area (Å²) in [6, 6.07) is 9.49. The molecule has 0 radical (unpaired) electrons. The summed E-state index contributed by atoms with van der Waals surface area (Å²) in [5.41, 5.74) is 7.91. The van der Waals surface area contributed by atoms with Gasteiger partial charge in [-0.3, -0.25) is 4.79 Å². The Morgan fingerprint density at radius 3 is 2.62 bits per heavy atom. The molecule has 2 aromatic rings. The second-order valence-corrected chi connectivity index (χ2v) is 5.57. The third kappa shape index (κ3) is 3.70. The average Bonchev–Trinajstić information content (AvgIpc) is 2.95. The average molecular weight is 286 g/mol. The second-order valence-electron chi connectivity index (χ2n) is 5.57. The van der Waals surface area contributed by atoms with Crippen LogP contribution < -0.4 is 5.73 Å². The first-order valence-corrected chi connectivity index (χ1v) is 7.09. The van der Waals surface area contributed by atoms with E-state index in [1.165, 1.54) is 0 Å². The predicted molar refractivity (Wildman–Crippen MR) is 83.3 cm³/mol. The zero-order valence-corrected chi connectivity index (χ0v) is 12.7. The molecule has 0 aliphatic heterocycles. The minimum atomic E-state index is -0.474. The van der Waals surface area contributed by atoms with Gasteiger partial charge in [0.2, 0.25) is 5.91 Å². The molecule has 0 aliphatic carbocycles. The standard InChI is InChI=1S/C16H22N4O/c1-11(2)15(17)16(21)20(3)10-14-18-9-13(19-14)12-7-5-4-6-8-12/h4-9,11,15H,10,17H2,1-3H3,(H,18,19)/t15-/m0/s1. The lowest BCUT2D eigenvalue weighted by Crippen LogP contribution is -2.44. The van der Waals surface area contributed by atoms with Gasteiger partial charge in [-0.15, -0.1) is 0 Å². The number of nitrogens with two attached hydrogens (primary N) is 1. The van der Waals surface area contributed by atoms with Gasteiger partial charge in [0.25, 0.3) is 0 Å². The summed E-state index contributed by atoms with van der Waals surface area (Å²) in [4.78, 5) is 21.3. The molecular weight excluding hydrogens is 264 g/mol. The van der Waals surface area contributed by atoms with Crippen LogP contribution in [0, 0.1) is 5.92 Å². The highest BCUT2D eigenvalue weighted by atomic mass is 16.2. The van der Waals surface area contributed by atoms with E-state index in [0.717, 1.165) is 17.1 Å². The highest BCUT2D eigenvalue weighted by Gasteiger charge is 2.21. The van der Waals surface area contributed by atoms with E-state index in [4.69, 9.17) is 5.73 Å². The van der Waals surface area contributed by atoms with Gasteiger partial charge in [-0.25, -0.2) is 4.98 Å². The number of amides is 1. The Morgan fingerprint density at radius 1 is 1.33 bits per heavy atom. The molecular formula is C16H22N4O. The molecule has 0 saturated carbocycles. The largest absolute Gasteiger partial charge is 0.341 e. The molecule has 5 nitrogen and oxygen atoms in total. The van der Waals surface area contributed by atoms with Crippen LogP contribution in [0.5, 0.6) is 0 Å². The Balaban J connectivity index is 2.04. The minimum absolute atomic E-state index is 0.0670. The molecule has 2 rings (SSSR count). The van der Waals surface area contributed by atoms with Gasteiger partial charge >= 0.3 is 0 Å². The molecule has 0 unspecified atom stereocenters. The van der Waals surface area contributed by atoms with Crippen molar-refractivity contribution >= 4 is 5.91 Å². The van der Waals surface area contributed by atoms with Crippen LogP contribution in [0.4, 0.5) is 0 Å². The maximum Gasteiger partial charge on any atom is 0.239 e. The fourth-order valence-corrected chi connectivity index (χ4v) is 2.05. The summed E-state index contributed by atoms with van der Waals surface area (Å²) in [5.74, 6) is 0.805. The van der Waals surface area contributed by atoms with Crippen molar-refractivity contribution in [3.8, 4) is 11.3 Å². The van der Waals surface area contributed by atoms with Crippen LogP contribution in [-0.4, -0.2) is 33.9 Å². The number of hydrogen-bond donors (Lipinski definition) is 2. The topological polar surface area (TPSA) is 75.0 Å². The number of likely N-dealkylation sites (N-methyl/N-ethyl adjacent to an activating group) is 1. The fourth-order valence-electron chi connectivity index (χ4n) is 2.05. The van der Waals surface area contributed by atoms with E-state index in [1.54, 1.807) is 18.1 Å². The summed E-state index contributed by atoms with van der Waals surface area (Å²) in [6.45, 7) is 4.31. The highest BCUT2D eigenvalue weighted by Crippen LogP contribution is 2.16. The third-order valence-electron chi connectivity index (χ3n) is 3.48. The van der Waals surface area contributed by atoms with E-state index >= 15 is 0 Å². The van der Waals surface area contributed by atoms with Crippen LogP contribution in [0.2, 0.25) is 0 Å². The minimum Gasteiger partial charge on any atom is -0.341 e. The van der Waals surface area contributed by atoms with Crippen molar-refractivity contribution in [3.63, 3.8) is 0 Å². The number of aromatic amines is 1. The molecule has 0 spiro atoms. The molecule has 3 N–H and O–H groups in total. The molecule has 0 saturated heterocycles. The van der Waals surface area contributed by atoms with Crippen LogP contribution in [0.1, 0.15) is 19.7 Å². The van der Waals surface area contributed by atoms with E-state index in [-0.39, 0.29) is 11.8 Å². The lowest BCUT2D eigenvalue weighted by molar-refractivity contribution is -0.132. The number of rotatable bonds is 5. The van der Waals surface area contributed by atoms with Gasteiger partial charge in [-0.1, -0.05) is 44.2 Å². The first-order chi connectivity index (χ1) is 9.99. The van der Waals surface area contributed by atoms with Crippen LogP contribution >= 0.6 is 0 Å². The Kier molecular flexibility index (Phi) is 4.75. The second kappa shape index (κ2) is 6.54. The number of imidazole rings is 1. The first-order valence-electron chi connectivity index (χ1n) is 7.09. The van der Waals surface area contributed by atoms with Gasteiger partial charge in [0, 0.05) is 7.05 Å². The number of aromatic nitrogens is 2. The Morgan fingerprint density at radius 2 is 2.00 bits per heavy atom. The molecule has 0 bridgehead atoms. The van der Waals surface area contributed by atoms with Crippen molar-refractivity contribution in [2.45, 2.75) is 26.4 Å². The van der Waals surface area contributed by atoms with Gasteiger partial charge in [-0.2, -0.15) is 0 Å². The maximum atomic E-state index is 12.1. The smallest absolute Gasteiger partial charge is 0.239 e. The molecule has 1 heterocycles. The van der Waals surface area contributed by atoms with Gasteiger partial charge in [0.1, 0.15) is 5.82 Å². The third-order valence-corrected chi connectivity index (χ3v) is 3.48. The molecule has 5 heteroatoms. The van der Waals surface area contributed by atoms with Crippen LogP contribution in [-0.2, 0) is 11.3 Å². The number of carbonyl (C=O) groups is 1. The van der Waals surface area contributed by atoms with Crippen LogP contribution in [0.15, 0.2) is 36.5 Å². The van der Waals surface area contributed by atoms with Gasteiger partial charge in [0.05, 0.1) is 24.5 Å². The van der Waals surface area contributed by atoms with Crippen LogP contribution in [0.25, 0.3) is 11.3 Å². The molecule has 21 heavy (non-hydrogen) atoms. The van der Waals surface area contributed by atoms with Gasteiger partial charge < -0.3 is 15.6 Å². The number of carbonyl (C=O) groups excluding carboxylic acids is 1. The van der Waals surface area contributed by atoms with Crippen molar-refractivity contribution in [1.82, 2.24) is 14.9 Å². The number of benzene rings is 1. The van der Waals surface area contributed by atoms with Crippen molar-refractivity contribution < 1.29 is 4.79 Å². The van der Waals surface area contributed by atoms with E-state index < -0.39 is 6.04 Å². The predicted octanol–water partition coefficient (Wildman–Crippen LogP) is 2.02. The quantitative estimate of drug-likeness (QED) is 0.883. The van der Waals surface area contributed by atoms with Crippen LogP contribution in [0.3, 0.4) is 0 Å². The molecule has 112 valence electrons. The van der Waals surface area contributed by atoms with Crippen molar-refractivity contribution in [3.05, 3.63) is 42.4 Å². The van der Waals surface area contributed by atoms with Crippen molar-refractivity contribution in [2.24, 2.45) is 11.7 Å². The molecule has 1 aromatic carbocycles. The Hall–Kier alpha value is -2.14. The van der Waals surface area contributed by atoms with Gasteiger partial charge in [0.15, 0.2) is 0 Å². The summed E-state index contributed by atoms with van der Waals surface area (Å²) >= 11 is 0. The Bertz CT molecular complexity index is 591. The fraction of sp³-hybridized carbons (Fsp3) is 0.375. The molecule has 1 aromatic heterocycles. The van der Waals surface area contributed by atoms with Crippen molar-refractivity contribution in [1.29, 1.82) is 0 Å². The normalized spacial score (nSPS) is 12.4. The van der Waals surface area contributed by atoms with E-state index in [9.17, 15) is 4.79 Å². The summed E-state index contributed by atoms with van der Waals surface area (Å²) < 4.78 is 0. The zero-order chi connectivity index (χ0) is 15.4. The lowest BCUT2D eigenvalue weighted by Gasteiger charge is -2.22. The monoisotopic (exact) mass is 286 g/mol. The summed E-state index contributed by atoms with van der Waals surface area (Å²) in [5, 5.41) is 0. The lowest BCUT2D eigenvalue weighted by atomic mass is 10.0. The van der Waals surface area contributed by atoms with E-state index in [1.807, 2.05) is 44.2 Å². The highest BCUT2D eigenvalue weighted by molar-refractivity contribution is 5.81. The zero-order valence-electron chi connectivity index (χ0n) is 12.7. The van der Waals surface area contributed by atoms with E-state index in [0.29, 0.717) is 6.54 Å².